The number of nitrogens with one attached hydrogen (secondary N) is 1. The molecule has 5 heteroatoms. The number of imidazole rings is 1. The van der Waals surface area contributed by atoms with E-state index in [1.807, 2.05) is 80.0 Å². The highest BCUT2D eigenvalue weighted by atomic mass is 16.5. The topological polar surface area (TPSA) is 55.6 Å². The predicted octanol–water partition coefficient (Wildman–Crippen LogP) is 5.09. The predicted molar refractivity (Wildman–Crippen MR) is 115 cm³/mol. The molecule has 0 fully saturated rings. The zero-order valence-corrected chi connectivity index (χ0v) is 16.8. The van der Waals surface area contributed by atoms with Crippen LogP contribution in [0.25, 0.3) is 5.65 Å². The number of amides is 1. The van der Waals surface area contributed by atoms with Crippen LogP contribution in [0.4, 0.5) is 5.69 Å². The van der Waals surface area contributed by atoms with Gasteiger partial charge in [-0.1, -0.05) is 24.3 Å². The number of aryl methyl sites for hydroxylation is 2. The summed E-state index contributed by atoms with van der Waals surface area (Å²) in [5.74, 6) is 0.471. The van der Waals surface area contributed by atoms with Crippen molar-refractivity contribution in [3.05, 3.63) is 94.9 Å². The minimum atomic E-state index is -0.160. The molecule has 2 aromatic heterocycles. The van der Waals surface area contributed by atoms with Crippen molar-refractivity contribution < 1.29 is 9.53 Å². The molecule has 0 radical (unpaired) electrons. The van der Waals surface area contributed by atoms with E-state index in [2.05, 4.69) is 10.3 Å². The Bertz CT molecular complexity index is 1190. The largest absolute Gasteiger partial charge is 0.487 e. The van der Waals surface area contributed by atoms with Gasteiger partial charge in [0.05, 0.1) is 5.69 Å². The lowest BCUT2D eigenvalue weighted by atomic mass is 10.1. The Morgan fingerprint density at radius 1 is 1.03 bits per heavy atom. The summed E-state index contributed by atoms with van der Waals surface area (Å²) in [7, 11) is 0. The quantitative estimate of drug-likeness (QED) is 0.520. The van der Waals surface area contributed by atoms with E-state index in [1.165, 1.54) is 5.56 Å². The van der Waals surface area contributed by atoms with Gasteiger partial charge >= 0.3 is 0 Å². The lowest BCUT2D eigenvalue weighted by molar-refractivity contribution is 0.102. The molecule has 0 bridgehead atoms. The summed E-state index contributed by atoms with van der Waals surface area (Å²) in [5, 5.41) is 2.98. The Morgan fingerprint density at radius 3 is 2.72 bits per heavy atom. The van der Waals surface area contributed by atoms with Gasteiger partial charge in [0.25, 0.3) is 5.91 Å². The van der Waals surface area contributed by atoms with Crippen LogP contribution < -0.4 is 10.1 Å². The van der Waals surface area contributed by atoms with Gasteiger partial charge < -0.3 is 14.5 Å². The Morgan fingerprint density at radius 2 is 1.86 bits per heavy atom. The molecule has 5 nitrogen and oxygen atoms in total. The summed E-state index contributed by atoms with van der Waals surface area (Å²) in [6, 6.07) is 17.1. The molecule has 2 aromatic carbocycles. The van der Waals surface area contributed by atoms with E-state index in [9.17, 15) is 4.79 Å². The van der Waals surface area contributed by atoms with Gasteiger partial charge in [-0.3, -0.25) is 4.79 Å². The van der Waals surface area contributed by atoms with Crippen LogP contribution >= 0.6 is 0 Å². The van der Waals surface area contributed by atoms with Gasteiger partial charge in [-0.15, -0.1) is 0 Å². The van der Waals surface area contributed by atoms with E-state index in [0.717, 1.165) is 28.2 Å². The van der Waals surface area contributed by atoms with E-state index in [1.54, 1.807) is 12.1 Å². The van der Waals surface area contributed by atoms with Gasteiger partial charge in [0.1, 0.15) is 18.0 Å². The fourth-order valence-electron chi connectivity index (χ4n) is 3.19. The maximum Gasteiger partial charge on any atom is 0.255 e. The van der Waals surface area contributed by atoms with Crippen molar-refractivity contribution in [2.45, 2.75) is 27.4 Å². The number of hydrogen-bond acceptors (Lipinski definition) is 3. The summed E-state index contributed by atoms with van der Waals surface area (Å²) in [5.41, 5.74) is 6.47. The van der Waals surface area contributed by atoms with Gasteiger partial charge in [-0.25, -0.2) is 4.98 Å². The molecule has 1 amide bonds. The Balaban J connectivity index is 1.46. The second-order valence-electron chi connectivity index (χ2n) is 7.22. The van der Waals surface area contributed by atoms with Crippen LogP contribution in [-0.2, 0) is 6.61 Å². The number of ether oxygens (including phenoxy) is 1. The van der Waals surface area contributed by atoms with Crippen LogP contribution in [0.15, 0.2) is 67.0 Å². The third kappa shape index (κ3) is 4.14. The maximum absolute atomic E-state index is 12.7. The number of benzene rings is 2. The first-order valence-corrected chi connectivity index (χ1v) is 9.54. The lowest BCUT2D eigenvalue weighted by Crippen LogP contribution is -2.13. The van der Waals surface area contributed by atoms with Crippen LogP contribution in [0.3, 0.4) is 0 Å². The van der Waals surface area contributed by atoms with Crippen LogP contribution in [0.1, 0.15) is 32.7 Å². The van der Waals surface area contributed by atoms with E-state index in [4.69, 9.17) is 4.74 Å². The van der Waals surface area contributed by atoms with Crippen molar-refractivity contribution in [1.29, 1.82) is 0 Å². The van der Waals surface area contributed by atoms with Crippen molar-refractivity contribution in [2.75, 3.05) is 5.32 Å². The Labute approximate surface area is 170 Å². The highest BCUT2D eigenvalue weighted by Crippen LogP contribution is 2.21. The number of hydrogen-bond donors (Lipinski definition) is 1. The lowest BCUT2D eigenvalue weighted by Gasteiger charge is -2.11. The SMILES string of the molecule is Cc1ccc2nc(COc3cccc(C(=O)Nc4cccc(C)c4C)c3)cn2c1. The molecule has 2 heterocycles. The highest BCUT2D eigenvalue weighted by molar-refractivity contribution is 6.04. The second kappa shape index (κ2) is 7.80. The molecule has 0 saturated carbocycles. The molecule has 4 rings (SSSR count). The van der Waals surface area contributed by atoms with Gasteiger partial charge in [-0.05, 0) is 67.8 Å². The van der Waals surface area contributed by atoms with E-state index >= 15 is 0 Å². The normalized spacial score (nSPS) is 10.9. The van der Waals surface area contributed by atoms with Gasteiger partial charge in [0.2, 0.25) is 0 Å². The molecule has 0 unspecified atom stereocenters. The summed E-state index contributed by atoms with van der Waals surface area (Å²) in [6.45, 7) is 6.41. The zero-order chi connectivity index (χ0) is 20.4. The zero-order valence-electron chi connectivity index (χ0n) is 16.8. The third-order valence-electron chi connectivity index (χ3n) is 4.98. The molecule has 0 aliphatic heterocycles. The molecule has 4 aromatic rings. The fraction of sp³-hybridized carbons (Fsp3) is 0.167. The minimum absolute atomic E-state index is 0.160. The fourth-order valence-corrected chi connectivity index (χ4v) is 3.19. The second-order valence-corrected chi connectivity index (χ2v) is 7.22. The van der Waals surface area contributed by atoms with Crippen LogP contribution in [0.2, 0.25) is 0 Å². The summed E-state index contributed by atoms with van der Waals surface area (Å²) < 4.78 is 7.87. The Hall–Kier alpha value is -3.60. The number of fused-ring (bicyclic) bond motifs is 1. The van der Waals surface area contributed by atoms with Crippen molar-refractivity contribution >= 4 is 17.2 Å². The molecule has 1 N–H and O–H groups in total. The number of nitrogens with zero attached hydrogens (tertiary/aromatic N) is 2. The first-order valence-electron chi connectivity index (χ1n) is 9.54. The summed E-state index contributed by atoms with van der Waals surface area (Å²) in [4.78, 5) is 17.2. The summed E-state index contributed by atoms with van der Waals surface area (Å²) >= 11 is 0. The Kier molecular flexibility index (Phi) is 5.04. The van der Waals surface area contributed by atoms with Crippen LogP contribution in [0, 0.1) is 20.8 Å². The van der Waals surface area contributed by atoms with Crippen LogP contribution in [-0.4, -0.2) is 15.3 Å². The molecule has 146 valence electrons. The monoisotopic (exact) mass is 385 g/mol. The van der Waals surface area contributed by atoms with Crippen molar-refractivity contribution in [1.82, 2.24) is 9.38 Å². The number of carbonyl (C=O) groups is 1. The maximum atomic E-state index is 12.7. The summed E-state index contributed by atoms with van der Waals surface area (Å²) in [6.07, 6.45) is 3.99. The van der Waals surface area contributed by atoms with Crippen molar-refractivity contribution in [2.24, 2.45) is 0 Å². The molecule has 0 aliphatic carbocycles. The number of rotatable bonds is 5. The van der Waals surface area contributed by atoms with Crippen molar-refractivity contribution in [3.63, 3.8) is 0 Å². The average molecular weight is 385 g/mol. The average Bonchev–Trinajstić information content (AvgIpc) is 3.12. The van der Waals surface area contributed by atoms with E-state index < -0.39 is 0 Å². The van der Waals surface area contributed by atoms with Crippen molar-refractivity contribution in [3.8, 4) is 5.75 Å². The molecule has 0 saturated heterocycles. The minimum Gasteiger partial charge on any atom is -0.487 e. The first kappa shape index (κ1) is 18.7. The van der Waals surface area contributed by atoms with Gasteiger partial charge in [0, 0.05) is 23.6 Å². The molecule has 29 heavy (non-hydrogen) atoms. The molecule has 0 aliphatic rings. The number of aromatic nitrogens is 2. The van der Waals surface area contributed by atoms with Gasteiger partial charge in [0.15, 0.2) is 0 Å². The molecular formula is C24H23N3O2. The van der Waals surface area contributed by atoms with E-state index in [-0.39, 0.29) is 5.91 Å². The van der Waals surface area contributed by atoms with Crippen LogP contribution in [0.5, 0.6) is 5.75 Å². The standard InChI is InChI=1S/C24H23N3O2/c1-16-10-11-23-25-20(14-27(23)13-16)15-29-21-8-5-7-19(12-21)24(28)26-22-9-4-6-17(2)18(22)3/h4-14H,15H2,1-3H3,(H,26,28). The number of anilines is 1. The third-order valence-corrected chi connectivity index (χ3v) is 4.98. The molecule has 0 atom stereocenters. The molecular weight excluding hydrogens is 362 g/mol. The smallest absolute Gasteiger partial charge is 0.255 e. The highest BCUT2D eigenvalue weighted by Gasteiger charge is 2.10. The number of pyridine rings is 1. The van der Waals surface area contributed by atoms with Gasteiger partial charge in [-0.2, -0.15) is 0 Å². The number of carbonyl (C=O) groups excluding carboxylic acids is 1. The first-order chi connectivity index (χ1) is 14.0. The van der Waals surface area contributed by atoms with E-state index in [0.29, 0.717) is 17.9 Å². The molecule has 0 spiro atoms.